The third kappa shape index (κ3) is 3.85. The lowest BCUT2D eigenvalue weighted by Crippen LogP contribution is -2.28. The molecule has 0 atom stereocenters. The molecular weight excluding hydrogens is 367 g/mol. The van der Waals surface area contributed by atoms with E-state index in [0.717, 1.165) is 10.9 Å². The van der Waals surface area contributed by atoms with Crippen LogP contribution in [0.5, 0.6) is 0 Å². The average molecular weight is 383 g/mol. The molecule has 0 aliphatic heterocycles. The predicted octanol–water partition coefficient (Wildman–Crippen LogP) is 2.72. The zero-order chi connectivity index (χ0) is 18.9. The second-order valence-corrected chi connectivity index (χ2v) is 6.79. The van der Waals surface area contributed by atoms with Crippen LogP contribution in [0.1, 0.15) is 27.7 Å². The number of halogens is 3. The first-order chi connectivity index (χ1) is 12.3. The Morgan fingerprint density at radius 3 is 2.73 bits per heavy atom. The molecule has 0 aliphatic rings. The van der Waals surface area contributed by atoms with Gasteiger partial charge in [-0.3, -0.25) is 4.79 Å². The number of nitrogens with one attached hydrogen (secondary N) is 1. The van der Waals surface area contributed by atoms with Gasteiger partial charge in [0, 0.05) is 28.4 Å². The number of thiophene rings is 1. The molecule has 0 spiro atoms. The van der Waals surface area contributed by atoms with Gasteiger partial charge in [0.05, 0.1) is 6.42 Å². The molecule has 26 heavy (non-hydrogen) atoms. The van der Waals surface area contributed by atoms with Crippen molar-refractivity contribution in [2.75, 3.05) is 6.54 Å². The summed E-state index contributed by atoms with van der Waals surface area (Å²) in [6.07, 6.45) is -3.89. The van der Waals surface area contributed by atoms with Gasteiger partial charge in [0.2, 0.25) is 5.91 Å². The summed E-state index contributed by atoms with van der Waals surface area (Å²) < 4.78 is 39.4. The highest BCUT2D eigenvalue weighted by atomic mass is 32.1. The van der Waals surface area contributed by atoms with Crippen molar-refractivity contribution >= 4 is 23.0 Å². The average Bonchev–Trinajstić information content (AvgIpc) is 3.20. The van der Waals surface area contributed by atoms with Crippen LogP contribution in [0.2, 0.25) is 0 Å². The summed E-state index contributed by atoms with van der Waals surface area (Å²) in [4.78, 5) is 20.8. The quantitative estimate of drug-likeness (QED) is 0.735. The van der Waals surface area contributed by atoms with Crippen LogP contribution in [-0.4, -0.2) is 32.0 Å². The standard InChI is InChI=1S/C16H16F3N5OS/c1-9-12(8-13(25)20-6-5-11-4-3-7-26-11)10(2)24-15(21-9)22-14(23-24)16(17,18)19/h3-4,7H,5-6,8H2,1-2H3,(H,20,25). The molecule has 1 amide bonds. The molecule has 3 aromatic heterocycles. The SMILES string of the molecule is Cc1nc2nc(C(F)(F)F)nn2c(C)c1CC(=O)NCCc1cccs1. The van der Waals surface area contributed by atoms with E-state index in [2.05, 4.69) is 20.4 Å². The monoisotopic (exact) mass is 383 g/mol. The van der Waals surface area contributed by atoms with Crippen molar-refractivity contribution in [1.82, 2.24) is 24.9 Å². The number of fused-ring (bicyclic) bond motifs is 1. The van der Waals surface area contributed by atoms with Gasteiger partial charge in [-0.15, -0.1) is 16.4 Å². The fourth-order valence-electron chi connectivity index (χ4n) is 2.59. The molecule has 0 saturated heterocycles. The second kappa shape index (κ2) is 7.02. The molecule has 10 heteroatoms. The molecule has 0 radical (unpaired) electrons. The summed E-state index contributed by atoms with van der Waals surface area (Å²) in [6, 6.07) is 3.94. The number of hydrogen-bond acceptors (Lipinski definition) is 5. The van der Waals surface area contributed by atoms with E-state index in [1.165, 1.54) is 4.88 Å². The summed E-state index contributed by atoms with van der Waals surface area (Å²) in [6.45, 7) is 3.74. The van der Waals surface area contributed by atoms with Crippen LogP contribution >= 0.6 is 11.3 Å². The maximum Gasteiger partial charge on any atom is 0.453 e. The van der Waals surface area contributed by atoms with Crippen molar-refractivity contribution in [3.05, 3.63) is 45.2 Å². The molecule has 6 nitrogen and oxygen atoms in total. The van der Waals surface area contributed by atoms with Crippen LogP contribution in [-0.2, 0) is 23.8 Å². The minimum atomic E-state index is -4.65. The van der Waals surface area contributed by atoms with Crippen LogP contribution in [0.3, 0.4) is 0 Å². The van der Waals surface area contributed by atoms with Crippen LogP contribution in [0.4, 0.5) is 13.2 Å². The number of rotatable bonds is 5. The molecule has 138 valence electrons. The van der Waals surface area contributed by atoms with Gasteiger partial charge in [-0.25, -0.2) is 9.50 Å². The van der Waals surface area contributed by atoms with E-state index in [1.54, 1.807) is 25.2 Å². The number of nitrogens with zero attached hydrogens (tertiary/aromatic N) is 4. The van der Waals surface area contributed by atoms with Gasteiger partial charge in [0.25, 0.3) is 11.6 Å². The van der Waals surface area contributed by atoms with Gasteiger partial charge in [0.15, 0.2) is 0 Å². The number of alkyl halides is 3. The highest BCUT2D eigenvalue weighted by Gasteiger charge is 2.37. The minimum Gasteiger partial charge on any atom is -0.355 e. The first-order valence-corrected chi connectivity index (χ1v) is 8.73. The number of aromatic nitrogens is 4. The van der Waals surface area contributed by atoms with E-state index in [0.29, 0.717) is 23.5 Å². The molecule has 3 rings (SSSR count). The van der Waals surface area contributed by atoms with Gasteiger partial charge in [-0.05, 0) is 31.7 Å². The third-order valence-electron chi connectivity index (χ3n) is 3.91. The maximum atomic E-state index is 12.8. The Bertz CT molecular complexity index is 934. The van der Waals surface area contributed by atoms with E-state index >= 15 is 0 Å². The highest BCUT2D eigenvalue weighted by molar-refractivity contribution is 7.09. The Morgan fingerprint density at radius 2 is 2.08 bits per heavy atom. The van der Waals surface area contributed by atoms with Gasteiger partial charge in [-0.2, -0.15) is 18.2 Å². The number of amides is 1. The minimum absolute atomic E-state index is 0.0201. The van der Waals surface area contributed by atoms with Gasteiger partial charge < -0.3 is 5.32 Å². The molecular formula is C16H16F3N5OS. The van der Waals surface area contributed by atoms with Crippen molar-refractivity contribution in [3.63, 3.8) is 0 Å². The Kier molecular flexibility index (Phi) is 4.94. The summed E-state index contributed by atoms with van der Waals surface area (Å²) in [5.41, 5.74) is 1.43. The van der Waals surface area contributed by atoms with Crippen molar-refractivity contribution < 1.29 is 18.0 Å². The van der Waals surface area contributed by atoms with Crippen LogP contribution in [0, 0.1) is 13.8 Å². The summed E-state index contributed by atoms with van der Waals surface area (Å²) >= 11 is 1.62. The molecule has 3 heterocycles. The number of aryl methyl sites for hydroxylation is 2. The number of carbonyl (C=O) groups excluding carboxylic acids is 1. The zero-order valence-corrected chi connectivity index (χ0v) is 14.9. The van der Waals surface area contributed by atoms with E-state index < -0.39 is 12.0 Å². The second-order valence-electron chi connectivity index (χ2n) is 5.76. The molecule has 0 aliphatic carbocycles. The Labute approximate surface area is 151 Å². The van der Waals surface area contributed by atoms with Crippen molar-refractivity contribution in [3.8, 4) is 0 Å². The largest absolute Gasteiger partial charge is 0.453 e. The Hall–Kier alpha value is -2.49. The molecule has 0 saturated carbocycles. The summed E-state index contributed by atoms with van der Waals surface area (Å²) in [7, 11) is 0. The van der Waals surface area contributed by atoms with Crippen molar-refractivity contribution in [2.24, 2.45) is 0 Å². The van der Waals surface area contributed by atoms with Crippen molar-refractivity contribution in [2.45, 2.75) is 32.9 Å². The predicted molar refractivity (Wildman–Crippen MR) is 90.0 cm³/mol. The molecule has 1 N–H and O–H groups in total. The lowest BCUT2D eigenvalue weighted by atomic mass is 10.1. The number of hydrogen-bond donors (Lipinski definition) is 1. The Morgan fingerprint density at radius 1 is 1.31 bits per heavy atom. The molecule has 0 fully saturated rings. The van der Waals surface area contributed by atoms with Gasteiger partial charge in [-0.1, -0.05) is 6.07 Å². The van der Waals surface area contributed by atoms with E-state index in [9.17, 15) is 18.0 Å². The molecule has 0 bridgehead atoms. The van der Waals surface area contributed by atoms with E-state index in [4.69, 9.17) is 0 Å². The van der Waals surface area contributed by atoms with Gasteiger partial charge in [0.1, 0.15) is 0 Å². The van der Waals surface area contributed by atoms with Crippen LogP contribution < -0.4 is 5.32 Å². The maximum absolute atomic E-state index is 12.8. The number of carbonyl (C=O) groups is 1. The van der Waals surface area contributed by atoms with Crippen LogP contribution in [0.25, 0.3) is 5.78 Å². The van der Waals surface area contributed by atoms with E-state index in [-0.39, 0.29) is 18.1 Å². The molecule has 0 unspecified atom stereocenters. The Balaban J connectivity index is 1.75. The lowest BCUT2D eigenvalue weighted by molar-refractivity contribution is -0.144. The highest BCUT2D eigenvalue weighted by Crippen LogP contribution is 2.27. The fraction of sp³-hybridized carbons (Fsp3) is 0.375. The summed E-state index contributed by atoms with van der Waals surface area (Å²) in [5, 5.41) is 8.26. The lowest BCUT2D eigenvalue weighted by Gasteiger charge is -2.10. The molecule has 3 aromatic rings. The van der Waals surface area contributed by atoms with Gasteiger partial charge >= 0.3 is 6.18 Å². The fourth-order valence-corrected chi connectivity index (χ4v) is 3.30. The van der Waals surface area contributed by atoms with Crippen LogP contribution in [0.15, 0.2) is 17.5 Å². The summed E-state index contributed by atoms with van der Waals surface area (Å²) in [5.74, 6) is -1.59. The zero-order valence-electron chi connectivity index (χ0n) is 14.1. The normalized spacial score (nSPS) is 11.9. The van der Waals surface area contributed by atoms with E-state index in [1.807, 2.05) is 17.5 Å². The smallest absolute Gasteiger partial charge is 0.355 e. The first kappa shape index (κ1) is 18.3. The third-order valence-corrected chi connectivity index (χ3v) is 4.85. The topological polar surface area (TPSA) is 72.2 Å². The molecule has 0 aromatic carbocycles. The van der Waals surface area contributed by atoms with Crippen molar-refractivity contribution in [1.29, 1.82) is 0 Å². The first-order valence-electron chi connectivity index (χ1n) is 7.85.